The van der Waals surface area contributed by atoms with E-state index in [1.54, 1.807) is 19.1 Å². The molecule has 0 aliphatic carbocycles. The van der Waals surface area contributed by atoms with Gasteiger partial charge in [0.15, 0.2) is 5.82 Å². The van der Waals surface area contributed by atoms with Gasteiger partial charge in [0.1, 0.15) is 0 Å². The molecule has 2 rings (SSSR count). The van der Waals surface area contributed by atoms with E-state index < -0.39 is 5.97 Å². The topological polar surface area (TPSA) is 88.2 Å². The summed E-state index contributed by atoms with van der Waals surface area (Å²) in [5, 5.41) is 15.4. The highest BCUT2D eigenvalue weighted by atomic mass is 16.5. The van der Waals surface area contributed by atoms with Crippen LogP contribution in [-0.4, -0.2) is 21.2 Å². The third kappa shape index (κ3) is 2.81. The largest absolute Gasteiger partial charge is 0.478 e. The van der Waals surface area contributed by atoms with Gasteiger partial charge in [-0.05, 0) is 31.2 Å². The lowest BCUT2D eigenvalue weighted by atomic mass is 10.2. The van der Waals surface area contributed by atoms with Crippen LogP contribution < -0.4 is 5.32 Å². The van der Waals surface area contributed by atoms with Gasteiger partial charge in [0.2, 0.25) is 5.89 Å². The molecule has 17 heavy (non-hydrogen) atoms. The summed E-state index contributed by atoms with van der Waals surface area (Å²) in [5.74, 6) is 0.136. The zero-order chi connectivity index (χ0) is 12.3. The molecule has 1 heterocycles. The van der Waals surface area contributed by atoms with Crippen LogP contribution in [0, 0.1) is 6.92 Å². The second kappa shape index (κ2) is 4.65. The van der Waals surface area contributed by atoms with Crippen LogP contribution in [0.5, 0.6) is 0 Å². The van der Waals surface area contributed by atoms with Crippen molar-refractivity contribution in [1.82, 2.24) is 10.1 Å². The van der Waals surface area contributed by atoms with Crippen LogP contribution in [0.2, 0.25) is 0 Å². The Morgan fingerprint density at radius 3 is 2.65 bits per heavy atom. The Labute approximate surface area is 97.3 Å². The lowest BCUT2D eigenvalue weighted by molar-refractivity contribution is 0.0697. The molecule has 6 nitrogen and oxygen atoms in total. The number of aryl methyl sites for hydroxylation is 1. The van der Waals surface area contributed by atoms with E-state index in [4.69, 9.17) is 9.63 Å². The number of aromatic carboxylic acids is 1. The van der Waals surface area contributed by atoms with Crippen LogP contribution in [0.3, 0.4) is 0 Å². The summed E-state index contributed by atoms with van der Waals surface area (Å²) < 4.78 is 4.93. The second-order valence-electron chi connectivity index (χ2n) is 3.47. The second-order valence-corrected chi connectivity index (χ2v) is 3.47. The Morgan fingerprint density at radius 1 is 1.41 bits per heavy atom. The normalized spacial score (nSPS) is 10.2. The van der Waals surface area contributed by atoms with Crippen molar-refractivity contribution >= 4 is 11.7 Å². The van der Waals surface area contributed by atoms with E-state index >= 15 is 0 Å². The van der Waals surface area contributed by atoms with Crippen molar-refractivity contribution in [2.75, 3.05) is 5.32 Å². The molecular formula is C11H11N3O3. The number of carbonyl (C=O) groups is 1. The van der Waals surface area contributed by atoms with Gasteiger partial charge in [0.25, 0.3) is 0 Å². The molecule has 0 saturated heterocycles. The van der Waals surface area contributed by atoms with Gasteiger partial charge >= 0.3 is 5.97 Å². The van der Waals surface area contributed by atoms with Crippen molar-refractivity contribution in [3.05, 3.63) is 41.5 Å². The van der Waals surface area contributed by atoms with E-state index in [0.29, 0.717) is 18.3 Å². The number of aromatic nitrogens is 2. The highest BCUT2D eigenvalue weighted by Crippen LogP contribution is 2.10. The molecule has 0 saturated carbocycles. The lowest BCUT2D eigenvalue weighted by Crippen LogP contribution is -2.01. The van der Waals surface area contributed by atoms with Gasteiger partial charge in [-0.25, -0.2) is 4.79 Å². The van der Waals surface area contributed by atoms with Gasteiger partial charge in [-0.2, -0.15) is 4.98 Å². The van der Waals surface area contributed by atoms with Crippen molar-refractivity contribution < 1.29 is 14.4 Å². The quantitative estimate of drug-likeness (QED) is 0.835. The minimum absolute atomic E-state index is 0.254. The summed E-state index contributed by atoms with van der Waals surface area (Å²) in [5.41, 5.74) is 1.05. The smallest absolute Gasteiger partial charge is 0.335 e. The number of hydrogen-bond donors (Lipinski definition) is 2. The predicted molar refractivity (Wildman–Crippen MR) is 59.8 cm³/mol. The number of anilines is 1. The van der Waals surface area contributed by atoms with Gasteiger partial charge in [-0.1, -0.05) is 5.16 Å². The first-order valence-electron chi connectivity index (χ1n) is 5.01. The Balaban J connectivity index is 1.97. The molecule has 1 aromatic carbocycles. The van der Waals surface area contributed by atoms with E-state index in [0.717, 1.165) is 5.69 Å². The third-order valence-corrected chi connectivity index (χ3v) is 2.15. The number of nitrogens with one attached hydrogen (secondary N) is 1. The van der Waals surface area contributed by atoms with Crippen LogP contribution in [0.25, 0.3) is 0 Å². The maximum Gasteiger partial charge on any atom is 0.335 e. The number of carboxylic acids is 1. The zero-order valence-corrected chi connectivity index (χ0v) is 9.17. The first kappa shape index (κ1) is 11.1. The van der Waals surface area contributed by atoms with Crippen molar-refractivity contribution in [3.63, 3.8) is 0 Å². The van der Waals surface area contributed by atoms with E-state index in [2.05, 4.69) is 15.5 Å². The molecule has 2 N–H and O–H groups in total. The van der Waals surface area contributed by atoms with Crippen LogP contribution in [0.4, 0.5) is 5.69 Å². The molecule has 0 atom stereocenters. The van der Waals surface area contributed by atoms with Crippen LogP contribution in [0.1, 0.15) is 22.1 Å². The Kier molecular flexibility index (Phi) is 3.04. The molecule has 0 amide bonds. The Morgan fingerprint density at radius 2 is 2.12 bits per heavy atom. The Bertz CT molecular complexity index is 519. The van der Waals surface area contributed by atoms with Crippen molar-refractivity contribution in [1.29, 1.82) is 0 Å². The van der Waals surface area contributed by atoms with Crippen LogP contribution in [0.15, 0.2) is 28.8 Å². The molecular weight excluding hydrogens is 222 g/mol. The number of nitrogens with zero attached hydrogens (tertiary/aromatic N) is 2. The zero-order valence-electron chi connectivity index (χ0n) is 9.17. The monoisotopic (exact) mass is 233 g/mol. The molecule has 0 unspecified atom stereocenters. The third-order valence-electron chi connectivity index (χ3n) is 2.15. The summed E-state index contributed by atoms with van der Waals surface area (Å²) in [6, 6.07) is 6.44. The summed E-state index contributed by atoms with van der Waals surface area (Å²) in [7, 11) is 0. The highest BCUT2D eigenvalue weighted by molar-refractivity contribution is 5.87. The first-order valence-corrected chi connectivity index (χ1v) is 5.01. The van der Waals surface area contributed by atoms with Gasteiger partial charge in [0, 0.05) is 5.69 Å². The number of hydrogen-bond acceptors (Lipinski definition) is 5. The molecule has 1 aromatic heterocycles. The summed E-state index contributed by atoms with van der Waals surface area (Å²) >= 11 is 0. The Hall–Kier alpha value is -2.37. The standard InChI is InChI=1S/C11H11N3O3/c1-7-13-10(17-14-7)6-12-9-4-2-8(3-5-9)11(15)16/h2-5,12H,6H2,1H3,(H,15,16). The maximum absolute atomic E-state index is 10.6. The molecule has 0 radical (unpaired) electrons. The number of rotatable bonds is 4. The number of carboxylic acid groups (broad SMARTS) is 1. The van der Waals surface area contributed by atoms with Crippen molar-refractivity contribution in [2.45, 2.75) is 13.5 Å². The van der Waals surface area contributed by atoms with Crippen molar-refractivity contribution in [3.8, 4) is 0 Å². The molecule has 0 bridgehead atoms. The van der Waals surface area contributed by atoms with E-state index in [-0.39, 0.29) is 5.56 Å². The van der Waals surface area contributed by atoms with E-state index in [1.165, 1.54) is 12.1 Å². The van der Waals surface area contributed by atoms with E-state index in [9.17, 15) is 4.79 Å². The SMILES string of the molecule is Cc1noc(CNc2ccc(C(=O)O)cc2)n1. The van der Waals surface area contributed by atoms with Gasteiger partial charge in [0.05, 0.1) is 12.1 Å². The van der Waals surface area contributed by atoms with Gasteiger partial charge in [-0.3, -0.25) is 0 Å². The van der Waals surface area contributed by atoms with Gasteiger partial charge in [-0.15, -0.1) is 0 Å². The highest BCUT2D eigenvalue weighted by Gasteiger charge is 2.03. The minimum atomic E-state index is -0.941. The molecule has 0 fully saturated rings. The minimum Gasteiger partial charge on any atom is -0.478 e. The fraction of sp³-hybridized carbons (Fsp3) is 0.182. The molecule has 6 heteroatoms. The van der Waals surface area contributed by atoms with Gasteiger partial charge < -0.3 is 14.9 Å². The molecule has 2 aromatic rings. The molecule has 88 valence electrons. The van der Waals surface area contributed by atoms with Crippen LogP contribution in [-0.2, 0) is 6.54 Å². The van der Waals surface area contributed by atoms with Crippen LogP contribution >= 0.6 is 0 Å². The lowest BCUT2D eigenvalue weighted by Gasteiger charge is -2.03. The summed E-state index contributed by atoms with van der Waals surface area (Å²) in [4.78, 5) is 14.7. The fourth-order valence-corrected chi connectivity index (χ4v) is 1.32. The summed E-state index contributed by atoms with van der Waals surface area (Å²) in [6.07, 6.45) is 0. The van der Waals surface area contributed by atoms with Crippen molar-refractivity contribution in [2.24, 2.45) is 0 Å². The number of benzene rings is 1. The average molecular weight is 233 g/mol. The predicted octanol–water partition coefficient (Wildman–Crippen LogP) is 1.69. The summed E-state index contributed by atoms with van der Waals surface area (Å²) in [6.45, 7) is 2.15. The molecule has 0 aliphatic rings. The molecule has 0 spiro atoms. The van der Waals surface area contributed by atoms with E-state index in [1.807, 2.05) is 0 Å². The molecule has 0 aliphatic heterocycles. The average Bonchev–Trinajstić information content (AvgIpc) is 2.73. The first-order chi connectivity index (χ1) is 8.15. The fourth-order valence-electron chi connectivity index (χ4n) is 1.32. The maximum atomic E-state index is 10.6.